The number of aliphatic carboxylic acids is 1. The topological polar surface area (TPSA) is 110 Å². The molecule has 1 N–H and O–H groups in total. The molecule has 0 aliphatic carbocycles. The van der Waals surface area contributed by atoms with E-state index in [9.17, 15) is 19.7 Å². The van der Waals surface area contributed by atoms with Crippen LogP contribution < -0.4 is 9.64 Å². The Balaban J connectivity index is 2.31. The molecule has 0 radical (unpaired) electrons. The molecule has 0 saturated carbocycles. The van der Waals surface area contributed by atoms with Gasteiger partial charge in [0.05, 0.1) is 23.1 Å². The average molecular weight is 266 g/mol. The highest BCUT2D eigenvalue weighted by Gasteiger charge is 2.27. The van der Waals surface area contributed by atoms with Gasteiger partial charge >= 0.3 is 5.97 Å². The number of nitro groups is 1. The number of carboxylic acids is 1. The van der Waals surface area contributed by atoms with E-state index in [0.29, 0.717) is 5.69 Å². The van der Waals surface area contributed by atoms with Crippen molar-refractivity contribution in [1.29, 1.82) is 0 Å². The molecule has 8 nitrogen and oxygen atoms in total. The normalized spacial score (nSPS) is 13.7. The zero-order chi connectivity index (χ0) is 14.0. The summed E-state index contributed by atoms with van der Waals surface area (Å²) in [7, 11) is 0. The SMILES string of the molecule is O=C(O)CCN1C(=O)COc2cc([N+](=O)[O-])ccc21. The molecule has 100 valence electrons. The maximum absolute atomic E-state index is 11.7. The minimum Gasteiger partial charge on any atom is -0.481 e. The number of nitrogens with zero attached hydrogens (tertiary/aromatic N) is 2. The number of benzene rings is 1. The van der Waals surface area contributed by atoms with Gasteiger partial charge in [0.1, 0.15) is 0 Å². The van der Waals surface area contributed by atoms with Crippen LogP contribution in [0.25, 0.3) is 0 Å². The Hall–Kier alpha value is -2.64. The van der Waals surface area contributed by atoms with Gasteiger partial charge in [-0.2, -0.15) is 0 Å². The van der Waals surface area contributed by atoms with Gasteiger partial charge < -0.3 is 14.7 Å². The second-order valence-corrected chi connectivity index (χ2v) is 3.89. The first-order chi connectivity index (χ1) is 8.99. The molecule has 8 heteroatoms. The van der Waals surface area contributed by atoms with E-state index in [4.69, 9.17) is 9.84 Å². The van der Waals surface area contributed by atoms with Crippen LogP contribution in [-0.2, 0) is 9.59 Å². The lowest BCUT2D eigenvalue weighted by Gasteiger charge is -2.28. The summed E-state index contributed by atoms with van der Waals surface area (Å²) in [6.45, 7) is -0.254. The van der Waals surface area contributed by atoms with Crippen molar-refractivity contribution >= 4 is 23.3 Å². The van der Waals surface area contributed by atoms with Crippen molar-refractivity contribution in [3.05, 3.63) is 28.3 Å². The number of amides is 1. The number of nitro benzene ring substituents is 1. The maximum atomic E-state index is 11.7. The highest BCUT2D eigenvalue weighted by atomic mass is 16.6. The van der Waals surface area contributed by atoms with Gasteiger partial charge in [-0.25, -0.2) is 0 Å². The Morgan fingerprint density at radius 1 is 1.53 bits per heavy atom. The summed E-state index contributed by atoms with van der Waals surface area (Å²) >= 11 is 0. The molecule has 19 heavy (non-hydrogen) atoms. The van der Waals surface area contributed by atoms with Gasteiger partial charge in [-0.15, -0.1) is 0 Å². The minimum absolute atomic E-state index is 0.00232. The van der Waals surface area contributed by atoms with Gasteiger partial charge in [0, 0.05) is 12.6 Å². The summed E-state index contributed by atoms with van der Waals surface area (Å²) < 4.78 is 5.12. The van der Waals surface area contributed by atoms with E-state index in [0.717, 1.165) is 0 Å². The fraction of sp³-hybridized carbons (Fsp3) is 0.273. The van der Waals surface area contributed by atoms with Crippen LogP contribution in [0.3, 0.4) is 0 Å². The summed E-state index contributed by atoms with van der Waals surface area (Å²) in [6.07, 6.45) is -0.206. The molecule has 1 aromatic carbocycles. The van der Waals surface area contributed by atoms with E-state index in [2.05, 4.69) is 0 Å². The number of hydrogen-bond donors (Lipinski definition) is 1. The standard InChI is InChI=1S/C11H10N2O6/c14-10-6-19-9-5-7(13(17)18)1-2-8(9)12(10)4-3-11(15)16/h1-2,5H,3-4,6H2,(H,15,16). The van der Waals surface area contributed by atoms with Crippen LogP contribution >= 0.6 is 0 Å². The number of carbonyl (C=O) groups excluding carboxylic acids is 1. The van der Waals surface area contributed by atoms with E-state index in [-0.39, 0.29) is 36.9 Å². The zero-order valence-electron chi connectivity index (χ0n) is 9.74. The van der Waals surface area contributed by atoms with Crippen LogP contribution in [0.1, 0.15) is 6.42 Å². The quantitative estimate of drug-likeness (QED) is 0.637. The number of carboxylic acid groups (broad SMARTS) is 1. The number of ether oxygens (including phenoxy) is 1. The fourth-order valence-electron chi connectivity index (χ4n) is 1.76. The van der Waals surface area contributed by atoms with Gasteiger partial charge in [0.2, 0.25) is 0 Å². The summed E-state index contributed by atoms with van der Waals surface area (Å²) in [5.74, 6) is -1.19. The predicted octanol–water partition coefficient (Wildman–Crippen LogP) is 0.795. The third-order valence-corrected chi connectivity index (χ3v) is 2.65. The number of rotatable bonds is 4. The highest BCUT2D eigenvalue weighted by Crippen LogP contribution is 2.35. The summed E-state index contributed by atoms with van der Waals surface area (Å²) in [4.78, 5) is 33.5. The summed E-state index contributed by atoms with van der Waals surface area (Å²) in [6, 6.07) is 3.84. The first-order valence-electron chi connectivity index (χ1n) is 5.42. The predicted molar refractivity (Wildman–Crippen MR) is 63.2 cm³/mol. The number of carbonyl (C=O) groups is 2. The van der Waals surface area contributed by atoms with Crippen LogP contribution in [0.4, 0.5) is 11.4 Å². The molecule has 0 aromatic heterocycles. The minimum atomic E-state index is -1.03. The third kappa shape index (κ3) is 2.62. The molecule has 0 fully saturated rings. The molecule has 0 spiro atoms. The van der Waals surface area contributed by atoms with Crippen molar-refractivity contribution in [1.82, 2.24) is 0 Å². The second-order valence-electron chi connectivity index (χ2n) is 3.89. The molecule has 1 aliphatic heterocycles. The average Bonchev–Trinajstić information content (AvgIpc) is 2.36. The molecule has 1 amide bonds. The van der Waals surface area contributed by atoms with E-state index in [1.54, 1.807) is 0 Å². The Kier molecular flexibility index (Phi) is 3.32. The first-order valence-corrected chi connectivity index (χ1v) is 5.42. The molecular weight excluding hydrogens is 256 g/mol. The molecule has 0 unspecified atom stereocenters. The fourth-order valence-corrected chi connectivity index (χ4v) is 1.76. The smallest absolute Gasteiger partial charge is 0.305 e. The molecule has 2 rings (SSSR count). The lowest BCUT2D eigenvalue weighted by Crippen LogP contribution is -2.40. The van der Waals surface area contributed by atoms with Crippen LogP contribution in [0.15, 0.2) is 18.2 Å². The van der Waals surface area contributed by atoms with E-state index < -0.39 is 10.9 Å². The third-order valence-electron chi connectivity index (χ3n) is 2.65. The molecule has 1 aliphatic rings. The second kappa shape index (κ2) is 4.92. The van der Waals surface area contributed by atoms with Crippen LogP contribution in [0, 0.1) is 10.1 Å². The van der Waals surface area contributed by atoms with Gasteiger partial charge in [-0.1, -0.05) is 0 Å². The highest BCUT2D eigenvalue weighted by molar-refractivity contribution is 5.98. The van der Waals surface area contributed by atoms with Crippen LogP contribution in [0.5, 0.6) is 5.75 Å². The van der Waals surface area contributed by atoms with Crippen molar-refractivity contribution in [2.24, 2.45) is 0 Å². The van der Waals surface area contributed by atoms with Crippen LogP contribution in [0.2, 0.25) is 0 Å². The van der Waals surface area contributed by atoms with Crippen LogP contribution in [-0.4, -0.2) is 35.1 Å². The number of hydrogen-bond acceptors (Lipinski definition) is 5. The summed E-state index contributed by atoms with van der Waals surface area (Å²) in [5, 5.41) is 19.3. The Morgan fingerprint density at radius 2 is 2.26 bits per heavy atom. The monoisotopic (exact) mass is 266 g/mol. The van der Waals surface area contributed by atoms with Gasteiger partial charge in [0.25, 0.3) is 11.6 Å². The Morgan fingerprint density at radius 3 is 2.89 bits per heavy atom. The Labute approximate surface area is 107 Å². The molecule has 1 aromatic rings. The van der Waals surface area contributed by atoms with Gasteiger partial charge in [-0.05, 0) is 6.07 Å². The molecule has 0 bridgehead atoms. The summed E-state index contributed by atoms with van der Waals surface area (Å²) in [5.41, 5.74) is 0.203. The lowest BCUT2D eigenvalue weighted by atomic mass is 10.2. The van der Waals surface area contributed by atoms with Gasteiger partial charge in [0.15, 0.2) is 12.4 Å². The van der Waals surface area contributed by atoms with E-state index >= 15 is 0 Å². The molecule has 1 heterocycles. The largest absolute Gasteiger partial charge is 0.481 e. The molecular formula is C11H10N2O6. The number of anilines is 1. The molecule has 0 atom stereocenters. The maximum Gasteiger partial charge on any atom is 0.305 e. The molecule has 0 saturated heterocycles. The van der Waals surface area contributed by atoms with Crippen molar-refractivity contribution in [2.45, 2.75) is 6.42 Å². The van der Waals surface area contributed by atoms with E-state index in [1.807, 2.05) is 0 Å². The van der Waals surface area contributed by atoms with Crippen molar-refractivity contribution in [2.75, 3.05) is 18.1 Å². The van der Waals surface area contributed by atoms with Crippen molar-refractivity contribution in [3.63, 3.8) is 0 Å². The first kappa shape index (κ1) is 12.8. The number of fused-ring (bicyclic) bond motifs is 1. The van der Waals surface area contributed by atoms with Gasteiger partial charge in [-0.3, -0.25) is 19.7 Å². The Bertz CT molecular complexity index is 556. The van der Waals surface area contributed by atoms with Crippen molar-refractivity contribution in [3.8, 4) is 5.75 Å². The van der Waals surface area contributed by atoms with E-state index in [1.165, 1.54) is 23.1 Å². The van der Waals surface area contributed by atoms with Crippen molar-refractivity contribution < 1.29 is 24.4 Å². The zero-order valence-corrected chi connectivity index (χ0v) is 9.74. The lowest BCUT2D eigenvalue weighted by molar-refractivity contribution is -0.384. The number of non-ortho nitro benzene ring substituents is 1.